The number of aromatic nitrogens is 2. The van der Waals surface area contributed by atoms with E-state index in [0.29, 0.717) is 22.5 Å². The van der Waals surface area contributed by atoms with Crippen LogP contribution in [0.15, 0.2) is 11.2 Å². The highest BCUT2D eigenvalue weighted by Gasteiger charge is 2.54. The molecule has 1 aliphatic heterocycles. The first-order valence-corrected chi connectivity index (χ1v) is 10.3. The van der Waals surface area contributed by atoms with Crippen LogP contribution in [0.2, 0.25) is 5.15 Å². The Hall–Kier alpha value is -0.640. The van der Waals surface area contributed by atoms with E-state index < -0.39 is 5.79 Å². The van der Waals surface area contributed by atoms with Gasteiger partial charge in [0.15, 0.2) is 10.9 Å². The van der Waals surface area contributed by atoms with Crippen LogP contribution in [0.5, 0.6) is 0 Å². The zero-order chi connectivity index (χ0) is 18.7. The van der Waals surface area contributed by atoms with E-state index in [1.54, 1.807) is 17.8 Å². The minimum Gasteiger partial charge on any atom is -0.394 e. The van der Waals surface area contributed by atoms with Crippen molar-refractivity contribution in [2.24, 2.45) is 0 Å². The van der Waals surface area contributed by atoms with E-state index in [1.807, 2.05) is 13.8 Å². The normalized spacial score (nSPS) is 29.7. The number of ether oxygens (including phenoxy) is 3. The molecule has 26 heavy (non-hydrogen) atoms. The number of hydrogen-bond acceptors (Lipinski definition) is 8. The first-order valence-electron chi connectivity index (χ1n) is 8.94. The molecule has 1 saturated heterocycles. The Labute approximate surface area is 163 Å². The van der Waals surface area contributed by atoms with Crippen LogP contribution in [0.1, 0.15) is 33.6 Å². The number of nitrogens with zero attached hydrogens (tertiary/aromatic N) is 2. The quantitative estimate of drug-likeness (QED) is 0.389. The fourth-order valence-corrected chi connectivity index (χ4v) is 4.31. The molecule has 0 amide bonds. The summed E-state index contributed by atoms with van der Waals surface area (Å²) in [5, 5.41) is 13.5. The molecule has 0 bridgehead atoms. The van der Waals surface area contributed by atoms with Gasteiger partial charge in [-0.3, -0.25) is 0 Å². The molecule has 1 aliphatic carbocycles. The lowest BCUT2D eigenvalue weighted by Crippen LogP contribution is -2.34. The SMILES string of the molecule is CCCSc1nc(Cl)cc(N[C@@H]2C[C@H](OCCO)[C@H]3OC(C)(C)O[C@H]32)n1. The topological polar surface area (TPSA) is 85.7 Å². The molecule has 1 aromatic rings. The summed E-state index contributed by atoms with van der Waals surface area (Å²) in [6, 6.07) is 1.69. The third-order valence-electron chi connectivity index (χ3n) is 4.28. The lowest BCUT2D eigenvalue weighted by atomic mass is 10.2. The van der Waals surface area contributed by atoms with Crippen LogP contribution in [0, 0.1) is 0 Å². The largest absolute Gasteiger partial charge is 0.394 e. The summed E-state index contributed by atoms with van der Waals surface area (Å²) >= 11 is 7.74. The molecule has 0 aromatic carbocycles. The molecule has 0 radical (unpaired) electrons. The van der Waals surface area contributed by atoms with Crippen LogP contribution < -0.4 is 5.32 Å². The Bertz CT molecular complexity index is 622. The number of nitrogens with one attached hydrogen (secondary N) is 1. The van der Waals surface area contributed by atoms with Crippen molar-refractivity contribution in [2.75, 3.05) is 24.3 Å². The molecule has 0 unspecified atom stereocenters. The van der Waals surface area contributed by atoms with Gasteiger partial charge in [-0.2, -0.15) is 0 Å². The highest BCUT2D eigenvalue weighted by Crippen LogP contribution is 2.40. The van der Waals surface area contributed by atoms with E-state index in [-0.39, 0.29) is 37.6 Å². The summed E-state index contributed by atoms with van der Waals surface area (Å²) < 4.78 is 17.9. The average molecular weight is 404 g/mol. The third-order valence-corrected chi connectivity index (χ3v) is 5.53. The maximum absolute atomic E-state index is 9.06. The second kappa shape index (κ2) is 8.58. The van der Waals surface area contributed by atoms with Gasteiger partial charge < -0.3 is 24.6 Å². The van der Waals surface area contributed by atoms with Gasteiger partial charge in [-0.1, -0.05) is 30.3 Å². The molecule has 2 aliphatic rings. The Morgan fingerprint density at radius 1 is 1.38 bits per heavy atom. The van der Waals surface area contributed by atoms with E-state index in [9.17, 15) is 0 Å². The smallest absolute Gasteiger partial charge is 0.190 e. The second-order valence-electron chi connectivity index (χ2n) is 6.89. The first-order chi connectivity index (χ1) is 12.4. The summed E-state index contributed by atoms with van der Waals surface area (Å²) in [6.07, 6.45) is 1.26. The third kappa shape index (κ3) is 4.79. The van der Waals surface area contributed by atoms with Gasteiger partial charge in [0.2, 0.25) is 0 Å². The molecule has 2 heterocycles. The van der Waals surface area contributed by atoms with E-state index in [4.69, 9.17) is 30.9 Å². The minimum absolute atomic E-state index is 0.0181. The van der Waals surface area contributed by atoms with Gasteiger partial charge in [-0.15, -0.1) is 0 Å². The molecule has 146 valence electrons. The molecule has 7 nitrogen and oxygen atoms in total. The van der Waals surface area contributed by atoms with Crippen molar-refractivity contribution in [1.82, 2.24) is 9.97 Å². The standard InChI is InChI=1S/C17H26ClN3O4S/c1-4-7-26-16-20-12(18)9-13(21-16)19-10-8-11(23-6-5-22)15-14(10)24-17(2,3)25-15/h9-11,14-15,22H,4-8H2,1-3H3,(H,19,20,21)/t10-,11+,14+,15-/m1/s1. The van der Waals surface area contributed by atoms with Crippen LogP contribution in [-0.2, 0) is 14.2 Å². The Morgan fingerprint density at radius 2 is 2.15 bits per heavy atom. The molecule has 4 atom stereocenters. The molecule has 3 rings (SSSR count). The van der Waals surface area contributed by atoms with Crippen LogP contribution >= 0.6 is 23.4 Å². The molecule has 2 N–H and O–H groups in total. The zero-order valence-corrected chi connectivity index (χ0v) is 16.8. The summed E-state index contributed by atoms with van der Waals surface area (Å²) in [7, 11) is 0. The van der Waals surface area contributed by atoms with Crippen molar-refractivity contribution in [1.29, 1.82) is 0 Å². The van der Waals surface area contributed by atoms with Crippen LogP contribution in [0.25, 0.3) is 0 Å². The zero-order valence-electron chi connectivity index (χ0n) is 15.3. The maximum atomic E-state index is 9.06. The monoisotopic (exact) mass is 403 g/mol. The van der Waals surface area contributed by atoms with Crippen molar-refractivity contribution in [3.05, 3.63) is 11.2 Å². The highest BCUT2D eigenvalue weighted by molar-refractivity contribution is 7.99. The number of aliphatic hydroxyl groups is 1. The highest BCUT2D eigenvalue weighted by atomic mass is 35.5. The fraction of sp³-hybridized carbons (Fsp3) is 0.765. The summed E-state index contributed by atoms with van der Waals surface area (Å²) in [5.74, 6) is 0.946. The van der Waals surface area contributed by atoms with Gasteiger partial charge in [-0.25, -0.2) is 9.97 Å². The minimum atomic E-state index is -0.665. The molecule has 1 aromatic heterocycles. The lowest BCUT2D eigenvalue weighted by Gasteiger charge is -2.24. The number of halogens is 1. The number of aliphatic hydroxyl groups excluding tert-OH is 1. The maximum Gasteiger partial charge on any atom is 0.190 e. The summed E-state index contributed by atoms with van der Waals surface area (Å²) in [5.41, 5.74) is 0. The number of rotatable bonds is 8. The van der Waals surface area contributed by atoms with E-state index in [1.165, 1.54) is 0 Å². The Balaban J connectivity index is 1.73. The fourth-order valence-electron chi connectivity index (χ4n) is 3.36. The molecule has 2 fully saturated rings. The van der Waals surface area contributed by atoms with E-state index >= 15 is 0 Å². The Kier molecular flexibility index (Phi) is 6.63. The molecular formula is C17H26ClN3O4S. The number of thioether (sulfide) groups is 1. The summed E-state index contributed by atoms with van der Waals surface area (Å²) in [4.78, 5) is 8.81. The van der Waals surface area contributed by atoms with Gasteiger partial charge in [0.1, 0.15) is 23.2 Å². The predicted octanol–water partition coefficient (Wildman–Crippen LogP) is 2.71. The number of anilines is 1. The molecule has 9 heteroatoms. The van der Waals surface area contributed by atoms with Crippen LogP contribution in [0.3, 0.4) is 0 Å². The lowest BCUT2D eigenvalue weighted by molar-refractivity contribution is -0.167. The Morgan fingerprint density at radius 3 is 2.88 bits per heavy atom. The molecular weight excluding hydrogens is 378 g/mol. The second-order valence-corrected chi connectivity index (χ2v) is 8.34. The van der Waals surface area contributed by atoms with Gasteiger partial charge >= 0.3 is 0 Å². The number of hydrogen-bond donors (Lipinski definition) is 2. The van der Waals surface area contributed by atoms with Gasteiger partial charge in [0.25, 0.3) is 0 Å². The summed E-state index contributed by atoms with van der Waals surface area (Å²) in [6.45, 7) is 6.16. The van der Waals surface area contributed by atoms with Crippen molar-refractivity contribution in [3.8, 4) is 0 Å². The van der Waals surface area contributed by atoms with Crippen LogP contribution in [0.4, 0.5) is 5.82 Å². The molecule has 1 saturated carbocycles. The average Bonchev–Trinajstić information content (AvgIpc) is 3.05. The predicted molar refractivity (Wildman–Crippen MR) is 101 cm³/mol. The first kappa shape index (κ1) is 20.1. The van der Waals surface area contributed by atoms with Gasteiger partial charge in [0, 0.05) is 11.8 Å². The number of fused-ring (bicyclic) bond motifs is 1. The van der Waals surface area contributed by atoms with E-state index in [2.05, 4.69) is 22.2 Å². The van der Waals surface area contributed by atoms with Crippen molar-refractivity contribution >= 4 is 29.2 Å². The van der Waals surface area contributed by atoms with Gasteiger partial charge in [-0.05, 0) is 26.7 Å². The van der Waals surface area contributed by atoms with Crippen molar-refractivity contribution < 1.29 is 19.3 Å². The van der Waals surface area contributed by atoms with Crippen molar-refractivity contribution in [3.63, 3.8) is 0 Å². The van der Waals surface area contributed by atoms with Crippen LogP contribution in [-0.4, -0.2) is 64.2 Å². The van der Waals surface area contributed by atoms with Gasteiger partial charge in [0.05, 0.1) is 25.4 Å². The molecule has 0 spiro atoms. The van der Waals surface area contributed by atoms with Crippen molar-refractivity contribution in [2.45, 2.75) is 68.9 Å². The van der Waals surface area contributed by atoms with E-state index in [0.717, 1.165) is 12.2 Å².